The Hall–Kier alpha value is -2.95. The van der Waals surface area contributed by atoms with Crippen molar-refractivity contribution in [2.45, 2.75) is 27.2 Å². The van der Waals surface area contributed by atoms with Crippen LogP contribution in [0.15, 0.2) is 48.7 Å². The van der Waals surface area contributed by atoms with Crippen LogP contribution in [0.2, 0.25) is 0 Å². The van der Waals surface area contributed by atoms with Gasteiger partial charge in [0.2, 0.25) is 0 Å². The molecular weight excluding hydrogens is 340 g/mol. The number of amides is 2. The van der Waals surface area contributed by atoms with Gasteiger partial charge >= 0.3 is 6.03 Å². The minimum absolute atomic E-state index is 0.227. The van der Waals surface area contributed by atoms with Crippen molar-refractivity contribution in [1.82, 2.24) is 10.6 Å². The van der Waals surface area contributed by atoms with Crippen molar-refractivity contribution in [3.8, 4) is 11.5 Å². The molecule has 0 atom stereocenters. The fourth-order valence-corrected chi connectivity index (χ4v) is 2.61. The second kappa shape index (κ2) is 10.9. The molecule has 0 fully saturated rings. The zero-order valence-corrected chi connectivity index (χ0v) is 16.2. The van der Waals surface area contributed by atoms with Crippen LogP contribution in [-0.4, -0.2) is 25.8 Å². The number of ether oxygens (including phenoxy) is 2. The molecule has 2 rings (SSSR count). The summed E-state index contributed by atoms with van der Waals surface area (Å²) < 4.78 is 11.2. The molecule has 0 radical (unpaired) electrons. The molecule has 0 aliphatic heterocycles. The number of hydrogen-bond donors (Lipinski definition) is 2. The van der Waals surface area contributed by atoms with Crippen molar-refractivity contribution < 1.29 is 14.3 Å². The monoisotopic (exact) mass is 368 g/mol. The van der Waals surface area contributed by atoms with Gasteiger partial charge in [0.1, 0.15) is 0 Å². The fourth-order valence-electron chi connectivity index (χ4n) is 2.61. The van der Waals surface area contributed by atoms with E-state index in [-0.39, 0.29) is 6.03 Å². The predicted molar refractivity (Wildman–Crippen MR) is 109 cm³/mol. The zero-order chi connectivity index (χ0) is 19.5. The third-order valence-corrected chi connectivity index (χ3v) is 3.84. The van der Waals surface area contributed by atoms with Crippen LogP contribution >= 0.6 is 0 Å². The van der Waals surface area contributed by atoms with Crippen LogP contribution in [0.5, 0.6) is 11.5 Å². The van der Waals surface area contributed by atoms with Crippen molar-refractivity contribution in [3.63, 3.8) is 0 Å². The van der Waals surface area contributed by atoms with E-state index in [0.717, 1.165) is 22.6 Å². The first-order chi connectivity index (χ1) is 13.1. The maximum Gasteiger partial charge on any atom is 0.318 e. The summed E-state index contributed by atoms with van der Waals surface area (Å²) >= 11 is 0. The van der Waals surface area contributed by atoms with Crippen molar-refractivity contribution in [2.75, 3.05) is 19.8 Å². The van der Waals surface area contributed by atoms with Crippen LogP contribution in [0.4, 0.5) is 4.79 Å². The van der Waals surface area contributed by atoms with Gasteiger partial charge in [-0.25, -0.2) is 4.79 Å². The van der Waals surface area contributed by atoms with E-state index in [1.807, 2.05) is 63.2 Å². The van der Waals surface area contributed by atoms with E-state index >= 15 is 0 Å². The van der Waals surface area contributed by atoms with E-state index < -0.39 is 0 Å². The second-order valence-electron chi connectivity index (χ2n) is 6.04. The maximum atomic E-state index is 11.9. The lowest BCUT2D eigenvalue weighted by atomic mass is 10.1. The fraction of sp³-hybridized carbons (Fsp3) is 0.318. The Balaban J connectivity index is 1.79. The van der Waals surface area contributed by atoms with Gasteiger partial charge in [0, 0.05) is 12.7 Å². The second-order valence-corrected chi connectivity index (χ2v) is 6.04. The largest absolute Gasteiger partial charge is 0.490 e. The molecule has 2 N–H and O–H groups in total. The molecule has 144 valence electrons. The van der Waals surface area contributed by atoms with Crippen molar-refractivity contribution >= 4 is 12.1 Å². The Labute approximate surface area is 161 Å². The topological polar surface area (TPSA) is 59.6 Å². The van der Waals surface area contributed by atoms with Gasteiger partial charge in [-0.15, -0.1) is 0 Å². The van der Waals surface area contributed by atoms with Gasteiger partial charge in [-0.2, -0.15) is 0 Å². The summed E-state index contributed by atoms with van der Waals surface area (Å²) in [7, 11) is 0. The summed E-state index contributed by atoms with van der Waals surface area (Å²) in [6.45, 7) is 7.63. The van der Waals surface area contributed by atoms with Crippen LogP contribution in [0, 0.1) is 6.92 Å². The third kappa shape index (κ3) is 7.05. The van der Waals surface area contributed by atoms with E-state index in [4.69, 9.17) is 9.47 Å². The van der Waals surface area contributed by atoms with Gasteiger partial charge in [-0.05, 0) is 56.5 Å². The maximum absolute atomic E-state index is 11.9. The normalized spacial score (nSPS) is 10.6. The number of hydrogen-bond acceptors (Lipinski definition) is 3. The number of urea groups is 1. The van der Waals surface area contributed by atoms with Crippen LogP contribution < -0.4 is 20.1 Å². The molecule has 0 heterocycles. The lowest BCUT2D eigenvalue weighted by Gasteiger charge is -2.12. The number of carbonyl (C=O) groups excluding carboxylic acids is 1. The summed E-state index contributed by atoms with van der Waals surface area (Å²) in [4.78, 5) is 11.9. The summed E-state index contributed by atoms with van der Waals surface area (Å²) in [6, 6.07) is 13.7. The smallest absolute Gasteiger partial charge is 0.318 e. The summed E-state index contributed by atoms with van der Waals surface area (Å²) in [5.74, 6) is 1.48. The molecule has 0 saturated carbocycles. The van der Waals surface area contributed by atoms with Crippen LogP contribution in [0.1, 0.15) is 30.5 Å². The first-order valence-electron chi connectivity index (χ1n) is 9.28. The molecule has 0 aliphatic rings. The van der Waals surface area contributed by atoms with Crippen molar-refractivity contribution in [1.29, 1.82) is 0 Å². The molecule has 27 heavy (non-hydrogen) atoms. The van der Waals surface area contributed by atoms with Gasteiger partial charge in [0.05, 0.1) is 13.2 Å². The molecule has 0 aromatic heterocycles. The highest BCUT2D eigenvalue weighted by atomic mass is 16.5. The van der Waals surface area contributed by atoms with Gasteiger partial charge in [-0.3, -0.25) is 0 Å². The molecule has 0 spiro atoms. The lowest BCUT2D eigenvalue weighted by molar-refractivity contribution is 0.244. The zero-order valence-electron chi connectivity index (χ0n) is 16.2. The molecule has 2 aromatic carbocycles. The van der Waals surface area contributed by atoms with Gasteiger partial charge < -0.3 is 20.1 Å². The number of nitrogens with one attached hydrogen (secondary N) is 2. The van der Waals surface area contributed by atoms with Crippen LogP contribution in [0.25, 0.3) is 6.08 Å². The third-order valence-electron chi connectivity index (χ3n) is 3.84. The number of benzene rings is 2. The Morgan fingerprint density at radius 2 is 1.81 bits per heavy atom. The Morgan fingerprint density at radius 1 is 1.04 bits per heavy atom. The Kier molecular flexibility index (Phi) is 8.23. The molecule has 2 aromatic rings. The van der Waals surface area contributed by atoms with Gasteiger partial charge in [0.25, 0.3) is 0 Å². The van der Waals surface area contributed by atoms with Gasteiger partial charge in [0.15, 0.2) is 11.5 Å². The van der Waals surface area contributed by atoms with E-state index in [0.29, 0.717) is 26.2 Å². The first kappa shape index (κ1) is 20.4. The molecule has 5 heteroatoms. The average Bonchev–Trinajstić information content (AvgIpc) is 2.64. The lowest BCUT2D eigenvalue weighted by Crippen LogP contribution is -2.33. The van der Waals surface area contributed by atoms with Gasteiger partial charge in [-0.1, -0.05) is 35.9 Å². The minimum atomic E-state index is -0.227. The van der Waals surface area contributed by atoms with Crippen LogP contribution in [-0.2, 0) is 6.42 Å². The standard InChI is InChI=1S/C22H28N2O3/c1-4-26-20-10-9-19(16-21(20)27-5-2)12-14-24-22(25)23-13-11-18-8-6-7-17(3)15-18/h6-11,13,15-16H,4-5,12,14H2,1-3H3,(H2,23,24,25)/b13-11+. The molecule has 0 aliphatic carbocycles. The van der Waals surface area contributed by atoms with Crippen molar-refractivity contribution in [2.24, 2.45) is 0 Å². The number of aryl methyl sites for hydroxylation is 1. The first-order valence-corrected chi connectivity index (χ1v) is 9.28. The summed E-state index contributed by atoms with van der Waals surface area (Å²) in [6.07, 6.45) is 4.23. The van der Waals surface area contributed by atoms with E-state index in [2.05, 4.69) is 16.7 Å². The molecule has 5 nitrogen and oxygen atoms in total. The average molecular weight is 368 g/mol. The quantitative estimate of drug-likeness (QED) is 0.693. The highest BCUT2D eigenvalue weighted by molar-refractivity contribution is 5.75. The van der Waals surface area contributed by atoms with E-state index in [9.17, 15) is 4.79 Å². The van der Waals surface area contributed by atoms with E-state index in [1.165, 1.54) is 5.56 Å². The minimum Gasteiger partial charge on any atom is -0.490 e. The highest BCUT2D eigenvalue weighted by Crippen LogP contribution is 2.28. The van der Waals surface area contributed by atoms with Crippen LogP contribution in [0.3, 0.4) is 0 Å². The summed E-state index contributed by atoms with van der Waals surface area (Å²) in [5.41, 5.74) is 3.31. The van der Waals surface area contributed by atoms with E-state index in [1.54, 1.807) is 6.20 Å². The molecule has 0 saturated heterocycles. The molecule has 2 amide bonds. The highest BCUT2D eigenvalue weighted by Gasteiger charge is 2.06. The predicted octanol–water partition coefficient (Wildman–Crippen LogP) is 4.31. The summed E-state index contributed by atoms with van der Waals surface area (Å²) in [5, 5.41) is 5.57. The SMILES string of the molecule is CCOc1ccc(CCNC(=O)N/C=C/c2cccc(C)c2)cc1OCC. The molecular formula is C22H28N2O3. The number of carbonyl (C=O) groups is 1. The number of rotatable bonds is 9. The Bertz CT molecular complexity index is 772. The van der Waals surface area contributed by atoms with Crippen molar-refractivity contribution in [3.05, 3.63) is 65.4 Å². The molecule has 0 bridgehead atoms. The molecule has 0 unspecified atom stereocenters. The Morgan fingerprint density at radius 3 is 2.56 bits per heavy atom.